The van der Waals surface area contributed by atoms with Crippen LogP contribution in [0.25, 0.3) is 0 Å². The van der Waals surface area contributed by atoms with Gasteiger partial charge in [-0.2, -0.15) is 0 Å². The summed E-state index contributed by atoms with van der Waals surface area (Å²) in [7, 11) is 1.82. The number of carbonyl (C=O) groups is 1. The molecule has 0 unspecified atom stereocenters. The number of hydrogen-bond acceptors (Lipinski definition) is 2. The summed E-state index contributed by atoms with van der Waals surface area (Å²) in [5.41, 5.74) is -0.324. The molecular formula is C11H16ClNOS. The van der Waals surface area contributed by atoms with Crippen molar-refractivity contribution in [1.29, 1.82) is 0 Å². The van der Waals surface area contributed by atoms with Crippen molar-refractivity contribution in [2.24, 2.45) is 5.41 Å². The molecule has 0 N–H and O–H groups in total. The summed E-state index contributed by atoms with van der Waals surface area (Å²) in [5.74, 6) is 0.145. The van der Waals surface area contributed by atoms with E-state index in [4.69, 9.17) is 11.6 Å². The van der Waals surface area contributed by atoms with Gasteiger partial charge in [-0.1, -0.05) is 32.4 Å². The minimum atomic E-state index is -0.324. The highest BCUT2D eigenvalue weighted by molar-refractivity contribution is 7.16. The zero-order valence-corrected chi connectivity index (χ0v) is 11.1. The monoisotopic (exact) mass is 245 g/mol. The van der Waals surface area contributed by atoms with Gasteiger partial charge in [0.25, 0.3) is 0 Å². The van der Waals surface area contributed by atoms with Crippen molar-refractivity contribution in [3.05, 3.63) is 21.3 Å². The van der Waals surface area contributed by atoms with Gasteiger partial charge in [0.1, 0.15) is 0 Å². The lowest BCUT2D eigenvalue weighted by molar-refractivity contribution is -0.138. The van der Waals surface area contributed by atoms with Crippen molar-refractivity contribution in [3.8, 4) is 0 Å². The van der Waals surface area contributed by atoms with Crippen molar-refractivity contribution >= 4 is 28.8 Å². The lowest BCUT2D eigenvalue weighted by Gasteiger charge is -2.25. The Morgan fingerprint density at radius 3 is 2.47 bits per heavy atom. The summed E-state index contributed by atoms with van der Waals surface area (Å²) in [4.78, 5) is 14.7. The van der Waals surface area contributed by atoms with Gasteiger partial charge in [-0.05, 0) is 12.1 Å². The van der Waals surface area contributed by atoms with Gasteiger partial charge < -0.3 is 4.90 Å². The minimum absolute atomic E-state index is 0.145. The van der Waals surface area contributed by atoms with E-state index in [1.54, 1.807) is 4.90 Å². The van der Waals surface area contributed by atoms with Crippen molar-refractivity contribution in [3.63, 3.8) is 0 Å². The maximum absolute atomic E-state index is 11.9. The summed E-state index contributed by atoms with van der Waals surface area (Å²) in [6, 6.07) is 3.82. The second-order valence-electron chi connectivity index (χ2n) is 4.62. The van der Waals surface area contributed by atoms with Crippen LogP contribution < -0.4 is 0 Å². The summed E-state index contributed by atoms with van der Waals surface area (Å²) >= 11 is 7.34. The van der Waals surface area contributed by atoms with E-state index < -0.39 is 0 Å². The highest BCUT2D eigenvalue weighted by Gasteiger charge is 2.24. The van der Waals surface area contributed by atoms with E-state index in [1.165, 1.54) is 11.3 Å². The predicted molar refractivity (Wildman–Crippen MR) is 65.3 cm³/mol. The zero-order chi connectivity index (χ0) is 11.6. The molecule has 0 atom stereocenters. The molecule has 1 aromatic rings. The molecule has 0 saturated heterocycles. The normalized spacial score (nSPS) is 11.5. The number of rotatable bonds is 2. The maximum atomic E-state index is 11.9. The van der Waals surface area contributed by atoms with E-state index in [0.29, 0.717) is 6.54 Å². The molecule has 0 saturated carbocycles. The Hall–Kier alpha value is -0.540. The average molecular weight is 246 g/mol. The summed E-state index contributed by atoms with van der Waals surface area (Å²) in [6.07, 6.45) is 0. The van der Waals surface area contributed by atoms with Crippen molar-refractivity contribution in [2.75, 3.05) is 7.05 Å². The fraction of sp³-hybridized carbons (Fsp3) is 0.545. The molecule has 1 amide bonds. The van der Waals surface area contributed by atoms with Crippen LogP contribution in [0.4, 0.5) is 0 Å². The highest BCUT2D eigenvalue weighted by atomic mass is 35.5. The first-order chi connectivity index (χ1) is 6.80. The van der Waals surface area contributed by atoms with Gasteiger partial charge in [0.15, 0.2) is 0 Å². The first-order valence-corrected chi connectivity index (χ1v) is 6.00. The third-order valence-corrected chi connectivity index (χ3v) is 3.23. The third-order valence-electron chi connectivity index (χ3n) is 2.01. The lowest BCUT2D eigenvalue weighted by atomic mass is 9.95. The van der Waals surface area contributed by atoms with Crippen LogP contribution in [0.3, 0.4) is 0 Å². The van der Waals surface area contributed by atoms with E-state index in [-0.39, 0.29) is 11.3 Å². The van der Waals surface area contributed by atoms with Gasteiger partial charge in [-0.25, -0.2) is 0 Å². The Bertz CT molecular complexity index is 354. The summed E-state index contributed by atoms with van der Waals surface area (Å²) < 4.78 is 0.765. The first kappa shape index (κ1) is 12.5. The van der Waals surface area contributed by atoms with Crippen LogP contribution in [0.1, 0.15) is 25.6 Å². The van der Waals surface area contributed by atoms with Crippen LogP contribution >= 0.6 is 22.9 Å². The molecule has 4 heteroatoms. The number of amides is 1. The Balaban J connectivity index is 2.64. The number of carbonyl (C=O) groups excluding carboxylic acids is 1. The smallest absolute Gasteiger partial charge is 0.228 e. The molecule has 84 valence electrons. The van der Waals surface area contributed by atoms with Crippen LogP contribution in [0, 0.1) is 5.41 Å². The number of thiophene rings is 1. The number of halogens is 1. The lowest BCUT2D eigenvalue weighted by Crippen LogP contribution is -2.35. The Kier molecular flexibility index (Phi) is 3.79. The fourth-order valence-corrected chi connectivity index (χ4v) is 2.46. The van der Waals surface area contributed by atoms with Crippen LogP contribution in [-0.2, 0) is 11.3 Å². The van der Waals surface area contributed by atoms with E-state index in [9.17, 15) is 4.79 Å². The third kappa shape index (κ3) is 3.50. The molecule has 0 bridgehead atoms. The van der Waals surface area contributed by atoms with Crippen LogP contribution in [0.15, 0.2) is 12.1 Å². The van der Waals surface area contributed by atoms with Gasteiger partial charge in [-0.3, -0.25) is 4.79 Å². The summed E-state index contributed by atoms with van der Waals surface area (Å²) in [5, 5.41) is 0. The molecule has 1 heterocycles. The molecule has 0 fully saturated rings. The van der Waals surface area contributed by atoms with Crippen molar-refractivity contribution in [1.82, 2.24) is 4.90 Å². The molecule has 2 nitrogen and oxygen atoms in total. The van der Waals surface area contributed by atoms with Crippen LogP contribution in [0.5, 0.6) is 0 Å². The fourth-order valence-electron chi connectivity index (χ4n) is 1.31. The van der Waals surface area contributed by atoms with Gasteiger partial charge >= 0.3 is 0 Å². The number of nitrogens with zero attached hydrogens (tertiary/aromatic N) is 1. The molecular weight excluding hydrogens is 230 g/mol. The van der Waals surface area contributed by atoms with Gasteiger partial charge in [0.05, 0.1) is 10.9 Å². The molecule has 1 aromatic heterocycles. The van der Waals surface area contributed by atoms with E-state index in [0.717, 1.165) is 9.21 Å². The standard InChI is InChI=1S/C11H16ClNOS/c1-11(2,3)10(14)13(4)7-8-5-6-9(12)15-8/h5-6H,7H2,1-4H3. The topological polar surface area (TPSA) is 20.3 Å². The molecule has 0 radical (unpaired) electrons. The molecule has 0 aromatic carbocycles. The average Bonchev–Trinajstić information content (AvgIpc) is 2.48. The van der Waals surface area contributed by atoms with Crippen LogP contribution in [-0.4, -0.2) is 17.9 Å². The quantitative estimate of drug-likeness (QED) is 0.782. The predicted octanol–water partition coefficient (Wildman–Crippen LogP) is 3.41. The zero-order valence-electron chi connectivity index (χ0n) is 9.50. The van der Waals surface area contributed by atoms with Gasteiger partial charge in [0, 0.05) is 17.3 Å². The van der Waals surface area contributed by atoms with E-state index in [1.807, 2.05) is 40.0 Å². The van der Waals surface area contributed by atoms with Crippen LogP contribution in [0.2, 0.25) is 4.34 Å². The maximum Gasteiger partial charge on any atom is 0.228 e. The van der Waals surface area contributed by atoms with Crippen molar-refractivity contribution < 1.29 is 4.79 Å². The van der Waals surface area contributed by atoms with Gasteiger partial charge in [-0.15, -0.1) is 11.3 Å². The molecule has 0 aliphatic carbocycles. The van der Waals surface area contributed by atoms with Gasteiger partial charge in [0.2, 0.25) is 5.91 Å². The Labute approximate surface area is 99.9 Å². The molecule has 0 spiro atoms. The summed E-state index contributed by atoms with van der Waals surface area (Å²) in [6.45, 7) is 6.40. The highest BCUT2D eigenvalue weighted by Crippen LogP contribution is 2.24. The number of hydrogen-bond donors (Lipinski definition) is 0. The molecule has 0 aliphatic rings. The van der Waals surface area contributed by atoms with E-state index in [2.05, 4.69) is 0 Å². The SMILES string of the molecule is CN(Cc1ccc(Cl)s1)C(=O)C(C)(C)C. The largest absolute Gasteiger partial charge is 0.340 e. The van der Waals surface area contributed by atoms with E-state index >= 15 is 0 Å². The Morgan fingerprint density at radius 1 is 1.47 bits per heavy atom. The molecule has 15 heavy (non-hydrogen) atoms. The second-order valence-corrected chi connectivity index (χ2v) is 6.42. The first-order valence-electron chi connectivity index (χ1n) is 4.80. The molecule has 1 rings (SSSR count). The molecule has 0 aliphatic heterocycles. The second kappa shape index (κ2) is 4.54. The van der Waals surface area contributed by atoms with Crippen molar-refractivity contribution in [2.45, 2.75) is 27.3 Å². The minimum Gasteiger partial charge on any atom is -0.340 e. The Morgan fingerprint density at radius 2 is 2.07 bits per heavy atom.